The smallest absolute Gasteiger partial charge is 0.0542 e. The molecular formula is C20H40N2O. The Labute approximate surface area is 144 Å². The Hall–Kier alpha value is -0.670. The van der Waals surface area contributed by atoms with Crippen LogP contribution in [-0.2, 0) is 4.74 Å². The highest BCUT2D eigenvalue weighted by Gasteiger charge is 2.00. The van der Waals surface area contributed by atoms with Gasteiger partial charge in [-0.15, -0.1) is 0 Å². The topological polar surface area (TPSA) is 59.1 Å². The van der Waals surface area contributed by atoms with Crippen molar-refractivity contribution in [3.63, 3.8) is 0 Å². The second-order valence-electron chi connectivity index (χ2n) is 6.56. The van der Waals surface area contributed by atoms with E-state index in [4.69, 9.17) is 15.9 Å². The predicted octanol–water partition coefficient (Wildman–Crippen LogP) is 5.48. The summed E-state index contributed by atoms with van der Waals surface area (Å²) in [5.74, 6) is 0.242. The van der Waals surface area contributed by atoms with Crippen LogP contribution in [0.25, 0.3) is 0 Å². The summed E-state index contributed by atoms with van der Waals surface area (Å²) in [6.07, 6.45) is 23.0. The van der Waals surface area contributed by atoms with Crippen LogP contribution in [-0.4, -0.2) is 26.5 Å². The molecule has 0 saturated carbocycles. The van der Waals surface area contributed by atoms with Crippen molar-refractivity contribution in [1.82, 2.24) is 0 Å². The molecule has 0 heterocycles. The lowest BCUT2D eigenvalue weighted by molar-refractivity contribution is 0.178. The Bertz CT molecular complexity index is 266. The lowest BCUT2D eigenvalue weighted by atomic mass is 10.0. The van der Waals surface area contributed by atoms with E-state index in [0.717, 1.165) is 13.0 Å². The maximum Gasteiger partial charge on any atom is 0.0542 e. The molecule has 1 unspecified atom stereocenters. The molecule has 136 valence electrons. The van der Waals surface area contributed by atoms with Gasteiger partial charge in [0.1, 0.15) is 0 Å². The summed E-state index contributed by atoms with van der Waals surface area (Å²) in [6.45, 7) is 1.51. The zero-order chi connectivity index (χ0) is 17.0. The summed E-state index contributed by atoms with van der Waals surface area (Å²) in [5.41, 5.74) is 5.49. The number of nitrogens with two attached hydrogens (primary N) is 1. The highest BCUT2D eigenvalue weighted by molar-refractivity contribution is 5.57. The predicted molar refractivity (Wildman–Crippen MR) is 102 cm³/mol. The normalized spacial score (nSPS) is 12.8. The van der Waals surface area contributed by atoms with Gasteiger partial charge in [-0.3, -0.25) is 0 Å². The highest BCUT2D eigenvalue weighted by Crippen LogP contribution is 2.12. The van der Waals surface area contributed by atoms with E-state index in [1.807, 2.05) is 0 Å². The number of allylic oxidation sites excluding steroid dienone is 2. The molecule has 0 saturated heterocycles. The fraction of sp³-hybridized carbons (Fsp3) is 0.850. The van der Waals surface area contributed by atoms with Crippen LogP contribution in [0.2, 0.25) is 0 Å². The molecule has 0 rings (SSSR count). The molecule has 0 amide bonds. The second-order valence-corrected chi connectivity index (χ2v) is 6.56. The van der Waals surface area contributed by atoms with Gasteiger partial charge < -0.3 is 15.9 Å². The van der Waals surface area contributed by atoms with E-state index >= 15 is 0 Å². The van der Waals surface area contributed by atoms with Crippen LogP contribution in [0.15, 0.2) is 12.2 Å². The zero-order valence-corrected chi connectivity index (χ0v) is 15.4. The van der Waals surface area contributed by atoms with Gasteiger partial charge in [-0.25, -0.2) is 0 Å². The molecule has 3 nitrogen and oxygen atoms in total. The van der Waals surface area contributed by atoms with Gasteiger partial charge in [0.15, 0.2) is 0 Å². The number of hydrogen-bond acceptors (Lipinski definition) is 3. The Morgan fingerprint density at radius 3 is 1.83 bits per heavy atom. The van der Waals surface area contributed by atoms with Crippen LogP contribution in [0.3, 0.4) is 0 Å². The monoisotopic (exact) mass is 324 g/mol. The van der Waals surface area contributed by atoms with E-state index in [0.29, 0.717) is 6.61 Å². The van der Waals surface area contributed by atoms with E-state index < -0.39 is 0 Å². The molecule has 0 spiro atoms. The lowest BCUT2D eigenvalue weighted by Crippen LogP contribution is -2.07. The van der Waals surface area contributed by atoms with Crippen molar-refractivity contribution in [2.24, 2.45) is 11.7 Å². The van der Waals surface area contributed by atoms with Gasteiger partial charge in [0.05, 0.1) is 6.61 Å². The van der Waals surface area contributed by atoms with Crippen LogP contribution >= 0.6 is 0 Å². The number of methoxy groups -OCH3 is 1. The summed E-state index contributed by atoms with van der Waals surface area (Å²) in [4.78, 5) is 0. The van der Waals surface area contributed by atoms with Crippen molar-refractivity contribution < 1.29 is 4.74 Å². The Morgan fingerprint density at radius 1 is 0.826 bits per heavy atom. The van der Waals surface area contributed by atoms with E-state index in [1.54, 1.807) is 7.11 Å². The third kappa shape index (κ3) is 17.5. The number of rotatable bonds is 18. The number of ether oxygens (including phenoxy) is 1. The van der Waals surface area contributed by atoms with Crippen molar-refractivity contribution >= 4 is 6.21 Å². The molecule has 0 aliphatic heterocycles. The molecule has 0 aromatic heterocycles. The van der Waals surface area contributed by atoms with Crippen LogP contribution in [0, 0.1) is 11.3 Å². The average molecular weight is 325 g/mol. The van der Waals surface area contributed by atoms with Crippen molar-refractivity contribution in [2.75, 3.05) is 20.3 Å². The fourth-order valence-corrected chi connectivity index (χ4v) is 2.78. The van der Waals surface area contributed by atoms with Crippen molar-refractivity contribution in [2.45, 2.75) is 83.5 Å². The van der Waals surface area contributed by atoms with Gasteiger partial charge >= 0.3 is 0 Å². The molecule has 0 aromatic carbocycles. The molecule has 0 aromatic rings. The number of unbranched alkanes of at least 4 members (excludes halogenated alkanes) is 11. The molecule has 0 aliphatic rings. The molecule has 0 radical (unpaired) electrons. The van der Waals surface area contributed by atoms with Gasteiger partial charge in [-0.05, 0) is 32.2 Å². The van der Waals surface area contributed by atoms with Crippen LogP contribution in [0.5, 0.6) is 0 Å². The maximum absolute atomic E-state index is 7.30. The van der Waals surface area contributed by atoms with E-state index in [1.165, 1.54) is 83.3 Å². The minimum absolute atomic E-state index is 0.242. The zero-order valence-electron chi connectivity index (χ0n) is 15.4. The molecule has 0 fully saturated rings. The fourth-order valence-electron chi connectivity index (χ4n) is 2.78. The Morgan fingerprint density at radius 2 is 1.35 bits per heavy atom. The summed E-state index contributed by atoms with van der Waals surface area (Å²) in [6, 6.07) is 0. The summed E-state index contributed by atoms with van der Waals surface area (Å²) in [5, 5.41) is 7.30. The molecule has 3 heteroatoms. The Kier molecular flexibility index (Phi) is 18.8. The van der Waals surface area contributed by atoms with Gasteiger partial charge in [0, 0.05) is 19.2 Å². The van der Waals surface area contributed by atoms with Gasteiger partial charge in [0.25, 0.3) is 0 Å². The lowest BCUT2D eigenvalue weighted by Gasteiger charge is -2.06. The largest absolute Gasteiger partial charge is 0.384 e. The molecule has 1 atom stereocenters. The maximum atomic E-state index is 7.30. The summed E-state index contributed by atoms with van der Waals surface area (Å²) in [7, 11) is 1.70. The van der Waals surface area contributed by atoms with Crippen LogP contribution in [0.1, 0.15) is 83.5 Å². The first kappa shape index (κ1) is 22.3. The third-order valence-corrected chi connectivity index (χ3v) is 4.30. The van der Waals surface area contributed by atoms with E-state index in [9.17, 15) is 0 Å². The second kappa shape index (κ2) is 19.4. The SMILES string of the molecule is COCC(C=N)C/C=C/CCCCCCCCCCCCCN. The summed E-state index contributed by atoms with van der Waals surface area (Å²) < 4.78 is 5.08. The van der Waals surface area contributed by atoms with Gasteiger partial charge in [-0.2, -0.15) is 0 Å². The molecule has 0 bridgehead atoms. The van der Waals surface area contributed by atoms with Gasteiger partial charge in [-0.1, -0.05) is 69.9 Å². The molecule has 3 N–H and O–H groups in total. The van der Waals surface area contributed by atoms with E-state index in [-0.39, 0.29) is 5.92 Å². The first-order valence-corrected chi connectivity index (χ1v) is 9.69. The number of nitrogens with one attached hydrogen (secondary N) is 1. The van der Waals surface area contributed by atoms with Crippen molar-refractivity contribution in [1.29, 1.82) is 5.41 Å². The first-order chi connectivity index (χ1) is 11.3. The van der Waals surface area contributed by atoms with Crippen molar-refractivity contribution in [3.8, 4) is 0 Å². The first-order valence-electron chi connectivity index (χ1n) is 9.69. The molecular weight excluding hydrogens is 284 g/mol. The Balaban J connectivity index is 3.19. The standard InChI is InChI=1S/C20H40N2O/c1-23-19-20(18-22)16-14-12-10-8-6-4-2-3-5-7-9-11-13-15-17-21/h12,14,18,20,22H,2-11,13,15-17,19,21H2,1H3/b14-12+,22-18?. The minimum atomic E-state index is 0.242. The highest BCUT2D eigenvalue weighted by atomic mass is 16.5. The number of hydrogen-bond donors (Lipinski definition) is 2. The van der Waals surface area contributed by atoms with Gasteiger partial charge in [0.2, 0.25) is 0 Å². The minimum Gasteiger partial charge on any atom is -0.384 e. The third-order valence-electron chi connectivity index (χ3n) is 4.30. The van der Waals surface area contributed by atoms with Crippen molar-refractivity contribution in [3.05, 3.63) is 12.2 Å². The average Bonchev–Trinajstić information content (AvgIpc) is 2.57. The molecule has 0 aliphatic carbocycles. The van der Waals surface area contributed by atoms with E-state index in [2.05, 4.69) is 12.2 Å². The summed E-state index contributed by atoms with van der Waals surface area (Å²) >= 11 is 0. The molecule has 23 heavy (non-hydrogen) atoms. The van der Waals surface area contributed by atoms with Crippen LogP contribution < -0.4 is 5.73 Å². The van der Waals surface area contributed by atoms with Crippen LogP contribution in [0.4, 0.5) is 0 Å². The quantitative estimate of drug-likeness (QED) is 0.199.